The molecule has 5 heteroatoms. The number of likely N-dealkylation sites (N-methyl/N-ethyl adjacent to an activating group) is 1. The smallest absolute Gasteiger partial charge is 0.266 e. The summed E-state index contributed by atoms with van der Waals surface area (Å²) in [6, 6.07) is 13.7. The summed E-state index contributed by atoms with van der Waals surface area (Å²) in [6.45, 7) is 3.96. The lowest BCUT2D eigenvalue weighted by Gasteiger charge is -2.06. The number of hydrogen-bond acceptors (Lipinski definition) is 4. The average Bonchev–Trinajstić information content (AvgIpc) is 2.76. The molecule has 0 atom stereocenters. The molecule has 3 rings (SSSR count). The Bertz CT molecular complexity index is 827. The fourth-order valence-electron chi connectivity index (χ4n) is 2.25. The maximum atomic E-state index is 12.4. The van der Waals surface area contributed by atoms with Gasteiger partial charge in [0.15, 0.2) is 11.0 Å². The Balaban J connectivity index is 1.91. The Morgan fingerprint density at radius 2 is 1.96 bits per heavy atom. The average molecular weight is 323 g/mol. The zero-order valence-electron chi connectivity index (χ0n) is 13.3. The monoisotopic (exact) mass is 323 g/mol. The van der Waals surface area contributed by atoms with E-state index in [0.717, 1.165) is 11.3 Å². The van der Waals surface area contributed by atoms with Gasteiger partial charge in [0.2, 0.25) is 0 Å². The third-order valence-corrected chi connectivity index (χ3v) is 4.49. The van der Waals surface area contributed by atoms with Gasteiger partial charge in [-0.25, -0.2) is 9.98 Å². The second-order valence-corrected chi connectivity index (χ2v) is 6.43. The van der Waals surface area contributed by atoms with Crippen LogP contribution in [0.5, 0.6) is 0 Å². The van der Waals surface area contributed by atoms with Crippen molar-refractivity contribution in [1.29, 1.82) is 0 Å². The summed E-state index contributed by atoms with van der Waals surface area (Å²) in [5, 5.41) is 0.645. The van der Waals surface area contributed by atoms with E-state index in [1.807, 2.05) is 56.3 Å². The van der Waals surface area contributed by atoms with Gasteiger partial charge in [-0.15, -0.1) is 0 Å². The number of pyridine rings is 1. The Hall–Kier alpha value is -2.40. The van der Waals surface area contributed by atoms with E-state index in [1.165, 1.54) is 17.3 Å². The lowest BCUT2D eigenvalue weighted by Crippen LogP contribution is -2.23. The van der Waals surface area contributed by atoms with Gasteiger partial charge in [0.25, 0.3) is 5.91 Å². The summed E-state index contributed by atoms with van der Waals surface area (Å²) in [4.78, 5) is 23.5. The van der Waals surface area contributed by atoms with Crippen LogP contribution in [-0.4, -0.2) is 28.0 Å². The van der Waals surface area contributed by atoms with Crippen LogP contribution in [0, 0.1) is 13.8 Å². The predicted molar refractivity (Wildman–Crippen MR) is 95.6 cm³/mol. The molecular formula is C18H17N3OS. The van der Waals surface area contributed by atoms with Crippen molar-refractivity contribution in [3.63, 3.8) is 0 Å². The van der Waals surface area contributed by atoms with Crippen LogP contribution < -0.4 is 0 Å². The molecule has 2 aromatic rings. The normalized spacial score (nSPS) is 18.2. The summed E-state index contributed by atoms with van der Waals surface area (Å²) in [6.07, 6.45) is 1.91. The molecule has 0 spiro atoms. The molecule has 0 N–H and O–H groups in total. The van der Waals surface area contributed by atoms with Gasteiger partial charge in [-0.2, -0.15) is 0 Å². The number of hydrogen-bond donors (Lipinski definition) is 0. The molecule has 0 saturated carbocycles. The van der Waals surface area contributed by atoms with Gasteiger partial charge >= 0.3 is 0 Å². The third kappa shape index (κ3) is 3.51. The number of aromatic nitrogens is 1. The largest absolute Gasteiger partial charge is 0.289 e. The molecule has 2 heterocycles. The third-order valence-electron chi connectivity index (χ3n) is 3.43. The van der Waals surface area contributed by atoms with Gasteiger partial charge < -0.3 is 0 Å². The molecule has 0 aliphatic carbocycles. The number of nitrogens with zero attached hydrogens (tertiary/aromatic N) is 3. The highest BCUT2D eigenvalue weighted by atomic mass is 32.2. The van der Waals surface area contributed by atoms with Crippen LogP contribution in [0.25, 0.3) is 6.08 Å². The van der Waals surface area contributed by atoms with Crippen LogP contribution in [-0.2, 0) is 4.79 Å². The van der Waals surface area contributed by atoms with E-state index in [2.05, 4.69) is 16.0 Å². The summed E-state index contributed by atoms with van der Waals surface area (Å²) in [7, 11) is 1.74. The molecule has 23 heavy (non-hydrogen) atoms. The molecule has 1 aliphatic heterocycles. The molecule has 4 nitrogen and oxygen atoms in total. The fraction of sp³-hybridized carbons (Fsp3) is 0.167. The highest BCUT2D eigenvalue weighted by Gasteiger charge is 2.30. The number of thioether (sulfide) groups is 1. The van der Waals surface area contributed by atoms with E-state index in [4.69, 9.17) is 0 Å². The van der Waals surface area contributed by atoms with E-state index >= 15 is 0 Å². The van der Waals surface area contributed by atoms with Crippen LogP contribution in [0.1, 0.15) is 16.8 Å². The second-order valence-electron chi connectivity index (χ2n) is 5.42. The molecule has 0 bridgehead atoms. The molecule has 1 aromatic heterocycles. The number of rotatable bonds is 2. The van der Waals surface area contributed by atoms with E-state index < -0.39 is 0 Å². The zero-order valence-corrected chi connectivity index (χ0v) is 14.1. The summed E-state index contributed by atoms with van der Waals surface area (Å²) in [5.74, 6) is 0.576. The predicted octanol–water partition coefficient (Wildman–Crippen LogP) is 3.93. The first kappa shape index (κ1) is 15.5. The van der Waals surface area contributed by atoms with Crippen LogP contribution in [0.4, 0.5) is 5.82 Å². The van der Waals surface area contributed by atoms with Gasteiger partial charge in [0, 0.05) is 12.7 Å². The molecule has 116 valence electrons. The highest BCUT2D eigenvalue weighted by molar-refractivity contribution is 8.18. The van der Waals surface area contributed by atoms with Crippen LogP contribution >= 0.6 is 11.8 Å². The number of amides is 1. The van der Waals surface area contributed by atoms with Crippen LogP contribution in [0.2, 0.25) is 0 Å². The molecule has 0 unspecified atom stereocenters. The Labute approximate surface area is 140 Å². The van der Waals surface area contributed by atoms with Crippen molar-refractivity contribution in [3.05, 3.63) is 64.2 Å². The Kier molecular flexibility index (Phi) is 4.30. The SMILES string of the molecule is Cc1cccc(/C=C2\S/C(=N/c3cccc(C)n3)N(C)C2=O)c1. The zero-order chi connectivity index (χ0) is 16.4. The fourth-order valence-corrected chi connectivity index (χ4v) is 3.23. The first-order valence-corrected chi connectivity index (χ1v) is 8.11. The minimum atomic E-state index is -0.0390. The molecular weight excluding hydrogens is 306 g/mol. The molecule has 1 aliphatic rings. The number of amidine groups is 1. The number of benzene rings is 1. The highest BCUT2D eigenvalue weighted by Crippen LogP contribution is 2.32. The first-order valence-electron chi connectivity index (χ1n) is 7.29. The van der Waals surface area contributed by atoms with Gasteiger partial charge in [-0.1, -0.05) is 35.9 Å². The Morgan fingerprint density at radius 3 is 2.70 bits per heavy atom. The number of aryl methyl sites for hydroxylation is 2. The van der Waals surface area contributed by atoms with Crippen LogP contribution in [0.15, 0.2) is 52.4 Å². The summed E-state index contributed by atoms with van der Waals surface area (Å²) >= 11 is 1.38. The molecule has 1 aromatic carbocycles. The van der Waals surface area contributed by atoms with Gasteiger partial charge in [-0.05, 0) is 49.4 Å². The van der Waals surface area contributed by atoms with Gasteiger partial charge in [-0.3, -0.25) is 9.69 Å². The number of carbonyl (C=O) groups is 1. The van der Waals surface area contributed by atoms with Crippen molar-refractivity contribution < 1.29 is 4.79 Å². The van der Waals surface area contributed by atoms with Crippen molar-refractivity contribution in [2.75, 3.05) is 7.05 Å². The lowest BCUT2D eigenvalue weighted by atomic mass is 10.1. The van der Waals surface area contributed by atoms with Crippen molar-refractivity contribution in [2.24, 2.45) is 4.99 Å². The molecule has 1 fully saturated rings. The van der Waals surface area contributed by atoms with Crippen LogP contribution in [0.3, 0.4) is 0 Å². The first-order chi connectivity index (χ1) is 11.0. The van der Waals surface area contributed by atoms with E-state index in [9.17, 15) is 4.79 Å². The standard InChI is InChI=1S/C18H17N3OS/c1-12-6-4-8-14(10-12)11-15-17(22)21(3)18(23-15)20-16-9-5-7-13(2)19-16/h4-11H,1-3H3/b15-11-,20-18+. The van der Waals surface area contributed by atoms with E-state index in [-0.39, 0.29) is 5.91 Å². The summed E-state index contributed by atoms with van der Waals surface area (Å²) in [5.41, 5.74) is 3.09. The Morgan fingerprint density at radius 1 is 1.17 bits per heavy atom. The lowest BCUT2D eigenvalue weighted by molar-refractivity contribution is -0.121. The number of carbonyl (C=O) groups excluding carboxylic acids is 1. The van der Waals surface area contributed by atoms with Crippen molar-refractivity contribution in [2.45, 2.75) is 13.8 Å². The number of aliphatic imine (C=N–C) groups is 1. The maximum Gasteiger partial charge on any atom is 0.266 e. The minimum Gasteiger partial charge on any atom is -0.289 e. The molecule has 1 saturated heterocycles. The van der Waals surface area contributed by atoms with E-state index in [1.54, 1.807) is 11.9 Å². The quantitative estimate of drug-likeness (QED) is 0.787. The second kappa shape index (κ2) is 6.38. The van der Waals surface area contributed by atoms with Gasteiger partial charge in [0.1, 0.15) is 0 Å². The molecule has 1 amide bonds. The van der Waals surface area contributed by atoms with Crippen molar-refractivity contribution in [1.82, 2.24) is 9.88 Å². The van der Waals surface area contributed by atoms with E-state index in [0.29, 0.717) is 15.9 Å². The van der Waals surface area contributed by atoms with Crippen molar-refractivity contribution in [3.8, 4) is 0 Å². The minimum absolute atomic E-state index is 0.0390. The van der Waals surface area contributed by atoms with Gasteiger partial charge in [0.05, 0.1) is 4.91 Å². The van der Waals surface area contributed by atoms with Crippen molar-refractivity contribution >= 4 is 34.7 Å². The summed E-state index contributed by atoms with van der Waals surface area (Å²) < 4.78 is 0. The topological polar surface area (TPSA) is 45.6 Å². The maximum absolute atomic E-state index is 12.4. The molecule has 0 radical (unpaired) electrons.